The maximum absolute atomic E-state index is 12.3. The Labute approximate surface area is 156 Å². The number of rotatable bonds is 8. The van der Waals surface area contributed by atoms with Gasteiger partial charge in [0, 0.05) is 0 Å². The van der Waals surface area contributed by atoms with Crippen LogP contribution >= 0.6 is 0 Å². The SMILES string of the molecule is CCC(C)(C)C(=O)OC1COC2C(OCOCC3(C)CCCC3)COC12. The Kier molecular flexibility index (Phi) is 6.27. The van der Waals surface area contributed by atoms with E-state index in [2.05, 4.69) is 6.92 Å². The van der Waals surface area contributed by atoms with Gasteiger partial charge < -0.3 is 23.7 Å². The molecule has 0 aromatic heterocycles. The van der Waals surface area contributed by atoms with Gasteiger partial charge in [0.15, 0.2) is 6.10 Å². The fourth-order valence-corrected chi connectivity index (χ4v) is 3.91. The molecule has 6 nitrogen and oxygen atoms in total. The van der Waals surface area contributed by atoms with Gasteiger partial charge in [-0.05, 0) is 38.5 Å². The fraction of sp³-hybridized carbons (Fsp3) is 0.950. The Morgan fingerprint density at radius 1 is 1.12 bits per heavy atom. The van der Waals surface area contributed by atoms with E-state index in [9.17, 15) is 4.79 Å². The van der Waals surface area contributed by atoms with E-state index >= 15 is 0 Å². The maximum Gasteiger partial charge on any atom is 0.311 e. The highest BCUT2D eigenvalue weighted by molar-refractivity contribution is 5.76. The molecule has 0 aromatic rings. The summed E-state index contributed by atoms with van der Waals surface area (Å²) in [6.45, 7) is 9.85. The summed E-state index contributed by atoms with van der Waals surface area (Å²) in [6.07, 6.45) is 4.82. The first-order valence-corrected chi connectivity index (χ1v) is 9.98. The van der Waals surface area contributed by atoms with E-state index in [1.165, 1.54) is 25.7 Å². The van der Waals surface area contributed by atoms with Crippen molar-refractivity contribution in [3.8, 4) is 0 Å². The molecule has 2 saturated heterocycles. The molecule has 1 aliphatic carbocycles. The van der Waals surface area contributed by atoms with Gasteiger partial charge in [-0.25, -0.2) is 0 Å². The lowest BCUT2D eigenvalue weighted by molar-refractivity contribution is -0.164. The van der Waals surface area contributed by atoms with Crippen LogP contribution in [0.2, 0.25) is 0 Å². The van der Waals surface area contributed by atoms with Gasteiger partial charge in [0.25, 0.3) is 0 Å². The second kappa shape index (κ2) is 8.13. The van der Waals surface area contributed by atoms with Crippen molar-refractivity contribution in [1.82, 2.24) is 0 Å². The Hall–Kier alpha value is -0.690. The Morgan fingerprint density at radius 2 is 1.73 bits per heavy atom. The van der Waals surface area contributed by atoms with E-state index in [1.54, 1.807) is 0 Å². The molecule has 0 N–H and O–H groups in total. The second-order valence-electron chi connectivity index (χ2n) is 8.97. The maximum atomic E-state index is 12.3. The van der Waals surface area contributed by atoms with Crippen LogP contribution in [0.5, 0.6) is 0 Å². The summed E-state index contributed by atoms with van der Waals surface area (Å²) in [7, 11) is 0. The van der Waals surface area contributed by atoms with Gasteiger partial charge in [-0.1, -0.05) is 26.7 Å². The second-order valence-corrected chi connectivity index (χ2v) is 8.97. The minimum Gasteiger partial charge on any atom is -0.457 e. The first-order chi connectivity index (χ1) is 12.3. The minimum atomic E-state index is -0.489. The van der Waals surface area contributed by atoms with Gasteiger partial charge in [0.05, 0.1) is 25.2 Å². The third-order valence-electron chi connectivity index (χ3n) is 6.28. The molecular weight excluding hydrogens is 336 g/mol. The third kappa shape index (κ3) is 4.41. The molecular formula is C20H34O6. The van der Waals surface area contributed by atoms with E-state index in [0.717, 1.165) is 13.0 Å². The first kappa shape index (κ1) is 20.1. The molecule has 4 atom stereocenters. The molecule has 150 valence electrons. The molecule has 26 heavy (non-hydrogen) atoms. The highest BCUT2D eigenvalue weighted by Gasteiger charge is 2.50. The number of esters is 1. The number of hydrogen-bond donors (Lipinski definition) is 0. The van der Waals surface area contributed by atoms with Crippen molar-refractivity contribution in [2.45, 2.75) is 84.2 Å². The lowest BCUT2D eigenvalue weighted by atomic mass is 9.90. The molecule has 6 heteroatoms. The van der Waals surface area contributed by atoms with Crippen LogP contribution in [0.4, 0.5) is 0 Å². The van der Waals surface area contributed by atoms with Crippen molar-refractivity contribution in [2.24, 2.45) is 10.8 Å². The molecule has 4 unspecified atom stereocenters. The molecule has 3 fully saturated rings. The number of fused-ring (bicyclic) bond motifs is 1. The zero-order valence-electron chi connectivity index (χ0n) is 16.6. The highest BCUT2D eigenvalue weighted by Crippen LogP contribution is 2.38. The van der Waals surface area contributed by atoms with Crippen molar-refractivity contribution in [3.05, 3.63) is 0 Å². The third-order valence-corrected chi connectivity index (χ3v) is 6.28. The van der Waals surface area contributed by atoms with E-state index in [0.29, 0.717) is 18.6 Å². The van der Waals surface area contributed by atoms with Crippen molar-refractivity contribution in [3.63, 3.8) is 0 Å². The normalized spacial score (nSPS) is 33.4. The van der Waals surface area contributed by atoms with Gasteiger partial charge in [-0.2, -0.15) is 0 Å². The van der Waals surface area contributed by atoms with Crippen LogP contribution in [0.15, 0.2) is 0 Å². The topological polar surface area (TPSA) is 63.2 Å². The minimum absolute atomic E-state index is 0.167. The standard InChI is InChI=1S/C20H34O6/c1-5-19(2,3)18(21)26-15-11-24-16-14(10-23-17(15)16)25-13-22-12-20(4)8-6-7-9-20/h14-17H,5-13H2,1-4H3. The molecule has 0 spiro atoms. The highest BCUT2D eigenvalue weighted by atomic mass is 16.7. The quantitative estimate of drug-likeness (QED) is 0.372. The molecule has 2 aliphatic heterocycles. The number of carbonyl (C=O) groups is 1. The van der Waals surface area contributed by atoms with Crippen LogP contribution < -0.4 is 0 Å². The first-order valence-electron chi connectivity index (χ1n) is 9.98. The predicted molar refractivity (Wildman–Crippen MR) is 95.7 cm³/mol. The smallest absolute Gasteiger partial charge is 0.311 e. The van der Waals surface area contributed by atoms with Crippen molar-refractivity contribution >= 4 is 5.97 Å². The number of carbonyl (C=O) groups excluding carboxylic acids is 1. The van der Waals surface area contributed by atoms with Gasteiger partial charge >= 0.3 is 5.97 Å². The van der Waals surface area contributed by atoms with Crippen LogP contribution in [0.25, 0.3) is 0 Å². The summed E-state index contributed by atoms with van der Waals surface area (Å²) in [5.41, 5.74) is -0.190. The molecule has 0 radical (unpaired) electrons. The Bertz CT molecular complexity index is 485. The fourth-order valence-electron chi connectivity index (χ4n) is 3.91. The summed E-state index contributed by atoms with van der Waals surface area (Å²) in [5.74, 6) is -0.199. The zero-order valence-corrected chi connectivity index (χ0v) is 16.6. The average Bonchev–Trinajstić information content (AvgIpc) is 3.31. The van der Waals surface area contributed by atoms with Gasteiger partial charge in [0.2, 0.25) is 0 Å². The predicted octanol–water partition coefficient (Wildman–Crippen LogP) is 3.07. The lowest BCUT2D eigenvalue weighted by Crippen LogP contribution is -2.38. The van der Waals surface area contributed by atoms with E-state index in [4.69, 9.17) is 23.7 Å². The van der Waals surface area contributed by atoms with Crippen molar-refractivity contribution in [2.75, 3.05) is 26.6 Å². The van der Waals surface area contributed by atoms with E-state index in [1.807, 2.05) is 20.8 Å². The largest absolute Gasteiger partial charge is 0.457 e. The average molecular weight is 370 g/mol. The Balaban J connectivity index is 1.41. The molecule has 1 saturated carbocycles. The molecule has 0 amide bonds. The summed E-state index contributed by atoms with van der Waals surface area (Å²) in [5, 5.41) is 0. The van der Waals surface area contributed by atoms with Crippen LogP contribution in [0.1, 0.15) is 59.8 Å². The molecule has 3 rings (SSSR count). The molecule has 2 heterocycles. The number of ether oxygens (including phenoxy) is 5. The summed E-state index contributed by atoms with van der Waals surface area (Å²) < 4.78 is 28.9. The molecule has 0 bridgehead atoms. The van der Waals surface area contributed by atoms with Gasteiger partial charge in [-0.15, -0.1) is 0 Å². The van der Waals surface area contributed by atoms with Crippen LogP contribution in [0, 0.1) is 10.8 Å². The van der Waals surface area contributed by atoms with E-state index < -0.39 is 5.41 Å². The lowest BCUT2D eigenvalue weighted by Gasteiger charge is -2.24. The van der Waals surface area contributed by atoms with Crippen molar-refractivity contribution in [1.29, 1.82) is 0 Å². The molecule has 0 aromatic carbocycles. The van der Waals surface area contributed by atoms with Crippen LogP contribution in [0.3, 0.4) is 0 Å². The summed E-state index contributed by atoms with van der Waals surface area (Å²) in [4.78, 5) is 12.3. The Morgan fingerprint density at radius 3 is 2.38 bits per heavy atom. The zero-order chi connectivity index (χ0) is 18.8. The summed E-state index contributed by atoms with van der Waals surface area (Å²) >= 11 is 0. The van der Waals surface area contributed by atoms with Gasteiger partial charge in [-0.3, -0.25) is 4.79 Å². The summed E-state index contributed by atoms with van der Waals surface area (Å²) in [6, 6.07) is 0. The van der Waals surface area contributed by atoms with E-state index in [-0.39, 0.29) is 37.2 Å². The van der Waals surface area contributed by atoms with Crippen LogP contribution in [-0.2, 0) is 28.5 Å². The monoisotopic (exact) mass is 370 g/mol. The molecule has 3 aliphatic rings. The van der Waals surface area contributed by atoms with Crippen molar-refractivity contribution < 1.29 is 28.5 Å². The number of hydrogen-bond acceptors (Lipinski definition) is 6. The van der Waals surface area contributed by atoms with Crippen LogP contribution in [-0.4, -0.2) is 57.0 Å². The van der Waals surface area contributed by atoms with Gasteiger partial charge in [0.1, 0.15) is 25.1 Å².